The van der Waals surface area contributed by atoms with Gasteiger partial charge in [-0.05, 0) is 37.8 Å². The van der Waals surface area contributed by atoms with Gasteiger partial charge in [0.1, 0.15) is 4.90 Å². The first-order chi connectivity index (χ1) is 9.72. The summed E-state index contributed by atoms with van der Waals surface area (Å²) in [6.07, 6.45) is 3.05. The van der Waals surface area contributed by atoms with E-state index < -0.39 is 16.0 Å². The van der Waals surface area contributed by atoms with Crippen molar-refractivity contribution in [1.29, 1.82) is 0 Å². The molecule has 1 aliphatic carbocycles. The van der Waals surface area contributed by atoms with E-state index in [0.29, 0.717) is 5.92 Å². The van der Waals surface area contributed by atoms with E-state index in [4.69, 9.17) is 28.3 Å². The van der Waals surface area contributed by atoms with Crippen LogP contribution in [0.3, 0.4) is 0 Å². The zero-order valence-electron chi connectivity index (χ0n) is 11.3. The lowest BCUT2D eigenvalue weighted by Gasteiger charge is -2.31. The molecule has 2 rings (SSSR count). The van der Waals surface area contributed by atoms with Crippen molar-refractivity contribution in [3.63, 3.8) is 0 Å². The first-order valence-electron chi connectivity index (χ1n) is 6.47. The number of aromatic carboxylic acids is 1. The summed E-state index contributed by atoms with van der Waals surface area (Å²) in [5, 5.41) is 8.71. The zero-order chi connectivity index (χ0) is 15.8. The van der Waals surface area contributed by atoms with E-state index in [1.54, 1.807) is 6.92 Å². The summed E-state index contributed by atoms with van der Waals surface area (Å²) in [5.41, 5.74) is -0.333. The van der Waals surface area contributed by atoms with Gasteiger partial charge in [0.15, 0.2) is 0 Å². The quantitative estimate of drug-likeness (QED) is 0.853. The monoisotopic (exact) mass is 351 g/mol. The molecule has 2 N–H and O–H groups in total. The SMILES string of the molecule is CC(NS(=O)(=O)c1cc(Cl)cc(C(=O)O)c1Cl)C1CCC1. The minimum Gasteiger partial charge on any atom is -0.478 e. The standard InChI is InChI=1S/C13H15Cl2NO4S/c1-7(8-3-2-4-8)16-21(19,20)11-6-9(14)5-10(12(11)15)13(17)18/h5-8,16H,2-4H2,1H3,(H,17,18). The van der Waals surface area contributed by atoms with Crippen LogP contribution < -0.4 is 4.72 Å². The minimum absolute atomic E-state index is 0.00784. The van der Waals surface area contributed by atoms with E-state index in [1.807, 2.05) is 0 Å². The number of halogens is 2. The number of carboxylic acids is 1. The van der Waals surface area contributed by atoms with Crippen LogP contribution >= 0.6 is 23.2 Å². The van der Waals surface area contributed by atoms with Crippen molar-refractivity contribution in [2.45, 2.75) is 37.1 Å². The van der Waals surface area contributed by atoms with Crippen LogP contribution in [0.5, 0.6) is 0 Å². The fraction of sp³-hybridized carbons (Fsp3) is 0.462. The van der Waals surface area contributed by atoms with Gasteiger partial charge in [-0.25, -0.2) is 17.9 Å². The Hall–Kier alpha value is -0.820. The largest absolute Gasteiger partial charge is 0.478 e. The van der Waals surface area contributed by atoms with E-state index in [1.165, 1.54) is 0 Å². The van der Waals surface area contributed by atoms with Crippen molar-refractivity contribution < 1.29 is 18.3 Å². The molecular weight excluding hydrogens is 337 g/mol. The number of rotatable bonds is 5. The van der Waals surface area contributed by atoms with E-state index >= 15 is 0 Å². The molecule has 0 aliphatic heterocycles. The van der Waals surface area contributed by atoms with Crippen LogP contribution in [0.15, 0.2) is 17.0 Å². The van der Waals surface area contributed by atoms with Crippen LogP contribution in [0.4, 0.5) is 0 Å². The number of benzene rings is 1. The molecule has 0 aromatic heterocycles. The van der Waals surface area contributed by atoms with Gasteiger partial charge in [0.05, 0.1) is 10.6 Å². The van der Waals surface area contributed by atoms with Crippen LogP contribution in [0.25, 0.3) is 0 Å². The Kier molecular flexibility index (Phi) is 4.82. The van der Waals surface area contributed by atoms with Crippen molar-refractivity contribution in [3.05, 3.63) is 27.7 Å². The van der Waals surface area contributed by atoms with Crippen LogP contribution in [0, 0.1) is 5.92 Å². The lowest BCUT2D eigenvalue weighted by atomic mass is 9.81. The molecule has 116 valence electrons. The van der Waals surface area contributed by atoms with Crippen LogP contribution in [-0.4, -0.2) is 25.5 Å². The normalized spacial score (nSPS) is 17.3. The predicted octanol–water partition coefficient (Wildman–Crippen LogP) is 3.16. The Morgan fingerprint density at radius 1 is 1.38 bits per heavy atom. The molecule has 21 heavy (non-hydrogen) atoms. The maximum Gasteiger partial charge on any atom is 0.337 e. The molecule has 1 aromatic carbocycles. The maximum atomic E-state index is 12.4. The summed E-state index contributed by atoms with van der Waals surface area (Å²) in [5.74, 6) is -1.03. The smallest absolute Gasteiger partial charge is 0.337 e. The molecule has 5 nitrogen and oxygen atoms in total. The first-order valence-corrected chi connectivity index (χ1v) is 8.71. The molecule has 1 aromatic rings. The van der Waals surface area contributed by atoms with Gasteiger partial charge in [0.2, 0.25) is 10.0 Å². The molecule has 1 aliphatic rings. The Balaban J connectivity index is 2.37. The number of hydrogen-bond donors (Lipinski definition) is 2. The molecule has 0 amide bonds. The summed E-state index contributed by atoms with van der Waals surface area (Å²) in [4.78, 5) is 10.8. The number of sulfonamides is 1. The Morgan fingerprint density at radius 2 is 2.00 bits per heavy atom. The van der Waals surface area contributed by atoms with E-state index in [2.05, 4.69) is 4.72 Å². The Labute approximate surface area is 133 Å². The highest BCUT2D eigenvalue weighted by molar-refractivity contribution is 7.89. The van der Waals surface area contributed by atoms with Gasteiger partial charge in [-0.1, -0.05) is 29.6 Å². The summed E-state index contributed by atoms with van der Waals surface area (Å²) in [6.45, 7) is 1.79. The molecular formula is C13H15Cl2NO4S. The van der Waals surface area contributed by atoms with Crippen LogP contribution in [0.2, 0.25) is 10.0 Å². The lowest BCUT2D eigenvalue weighted by molar-refractivity contribution is 0.0697. The molecule has 0 radical (unpaired) electrons. The summed E-state index contributed by atoms with van der Waals surface area (Å²) >= 11 is 11.7. The van der Waals surface area contributed by atoms with Gasteiger partial charge in [-0.2, -0.15) is 0 Å². The molecule has 1 unspecified atom stereocenters. The number of carboxylic acid groups (broad SMARTS) is 1. The molecule has 0 spiro atoms. The molecule has 0 heterocycles. The fourth-order valence-electron chi connectivity index (χ4n) is 2.26. The summed E-state index contributed by atoms with van der Waals surface area (Å²) < 4.78 is 27.3. The molecule has 1 atom stereocenters. The van der Waals surface area contributed by atoms with Crippen molar-refractivity contribution in [3.8, 4) is 0 Å². The summed E-state index contributed by atoms with van der Waals surface area (Å²) in [6, 6.07) is 2.05. The molecule has 1 saturated carbocycles. The molecule has 8 heteroatoms. The minimum atomic E-state index is -3.92. The second-order valence-corrected chi connectivity index (χ2v) is 7.67. The lowest BCUT2D eigenvalue weighted by Crippen LogP contribution is -2.40. The topological polar surface area (TPSA) is 83.5 Å². The third-order valence-electron chi connectivity index (χ3n) is 3.72. The fourth-order valence-corrected chi connectivity index (χ4v) is 4.47. The molecule has 0 bridgehead atoms. The van der Waals surface area contributed by atoms with Crippen molar-refractivity contribution >= 4 is 39.2 Å². The van der Waals surface area contributed by atoms with E-state index in [9.17, 15) is 13.2 Å². The zero-order valence-corrected chi connectivity index (χ0v) is 13.6. The van der Waals surface area contributed by atoms with Gasteiger partial charge >= 0.3 is 5.97 Å². The van der Waals surface area contributed by atoms with E-state index in [0.717, 1.165) is 31.4 Å². The second kappa shape index (κ2) is 6.12. The number of nitrogens with one attached hydrogen (secondary N) is 1. The highest BCUT2D eigenvalue weighted by atomic mass is 35.5. The third-order valence-corrected chi connectivity index (χ3v) is 6.04. The van der Waals surface area contributed by atoms with Gasteiger partial charge in [0, 0.05) is 11.1 Å². The molecule has 0 saturated heterocycles. The first kappa shape index (κ1) is 16.5. The number of hydrogen-bond acceptors (Lipinski definition) is 3. The average Bonchev–Trinajstić information content (AvgIpc) is 2.27. The molecule has 1 fully saturated rings. The summed E-state index contributed by atoms with van der Waals surface area (Å²) in [7, 11) is -3.92. The second-order valence-electron chi connectivity index (χ2n) is 5.17. The van der Waals surface area contributed by atoms with Gasteiger partial charge in [0.25, 0.3) is 0 Å². The Morgan fingerprint density at radius 3 is 2.48 bits per heavy atom. The van der Waals surface area contributed by atoms with E-state index in [-0.39, 0.29) is 26.5 Å². The maximum absolute atomic E-state index is 12.4. The Bertz CT molecular complexity index is 671. The average molecular weight is 352 g/mol. The highest BCUT2D eigenvalue weighted by Crippen LogP contribution is 2.32. The van der Waals surface area contributed by atoms with Crippen molar-refractivity contribution in [1.82, 2.24) is 4.72 Å². The third kappa shape index (κ3) is 3.51. The number of carbonyl (C=O) groups is 1. The highest BCUT2D eigenvalue weighted by Gasteiger charge is 2.30. The van der Waals surface area contributed by atoms with Crippen molar-refractivity contribution in [2.24, 2.45) is 5.92 Å². The van der Waals surface area contributed by atoms with Gasteiger partial charge in [-0.3, -0.25) is 0 Å². The van der Waals surface area contributed by atoms with Crippen LogP contribution in [-0.2, 0) is 10.0 Å². The van der Waals surface area contributed by atoms with Gasteiger partial charge in [-0.15, -0.1) is 0 Å². The predicted molar refractivity (Wildman–Crippen MR) is 80.5 cm³/mol. The van der Waals surface area contributed by atoms with Crippen molar-refractivity contribution in [2.75, 3.05) is 0 Å². The van der Waals surface area contributed by atoms with Crippen LogP contribution in [0.1, 0.15) is 36.5 Å². The van der Waals surface area contributed by atoms with Gasteiger partial charge < -0.3 is 5.11 Å².